The zero-order valence-electron chi connectivity index (χ0n) is 10.9. The smallest absolute Gasteiger partial charge is 0.330 e. The van der Waals surface area contributed by atoms with E-state index in [1.54, 1.807) is 0 Å². The second kappa shape index (κ2) is 7.04. The van der Waals surface area contributed by atoms with Crippen LogP contribution in [0.15, 0.2) is 24.3 Å². The highest BCUT2D eigenvalue weighted by Gasteiger charge is 2.41. The highest BCUT2D eigenvalue weighted by Crippen LogP contribution is 2.23. The van der Waals surface area contributed by atoms with Gasteiger partial charge in [0.05, 0.1) is 11.6 Å². The maximum atomic E-state index is 12.7. The topological polar surface area (TPSA) is 62.1 Å². The van der Waals surface area contributed by atoms with E-state index >= 15 is 0 Å². The Morgan fingerprint density at radius 2 is 2.14 bits per heavy atom. The predicted octanol–water partition coefficient (Wildman–Crippen LogP) is 2.80. The number of ether oxygens (including phenoxy) is 1. The van der Waals surface area contributed by atoms with Crippen LogP contribution in [0.4, 0.5) is 23.2 Å². The van der Waals surface area contributed by atoms with Crippen molar-refractivity contribution in [3.05, 3.63) is 29.8 Å². The first-order valence-electron chi connectivity index (χ1n) is 5.85. The Kier molecular flexibility index (Phi) is 5.67. The molecule has 0 radical (unpaired) electrons. The quantitative estimate of drug-likeness (QED) is 0.822. The summed E-state index contributed by atoms with van der Waals surface area (Å²) in [5.74, 6) is -5.09. The van der Waals surface area contributed by atoms with Crippen LogP contribution in [0, 0.1) is 11.3 Å². The average Bonchev–Trinajstić information content (AvgIpc) is 2.44. The number of hydrogen-bond donors (Lipinski definition) is 1. The summed E-state index contributed by atoms with van der Waals surface area (Å²) in [6, 6.07) is 7.75. The number of nitriles is 1. The molecule has 1 aromatic rings. The lowest BCUT2D eigenvalue weighted by atomic mass is 10.2. The third-order valence-corrected chi connectivity index (χ3v) is 2.47. The number of carbonyl (C=O) groups excluding carboxylic acids is 1. The number of amides is 1. The molecule has 0 saturated heterocycles. The Morgan fingerprint density at radius 3 is 2.71 bits per heavy atom. The third-order valence-electron chi connectivity index (χ3n) is 2.47. The SMILES string of the molecule is CC(OCC(F)(F)C(F)F)C(=O)Nc1cccc(C#N)c1. The van der Waals surface area contributed by atoms with Gasteiger partial charge in [-0.05, 0) is 25.1 Å². The number of hydrogen-bond acceptors (Lipinski definition) is 3. The molecule has 0 saturated carbocycles. The molecule has 0 aliphatic carbocycles. The van der Waals surface area contributed by atoms with Crippen molar-refractivity contribution in [3.63, 3.8) is 0 Å². The fourth-order valence-electron chi connectivity index (χ4n) is 1.29. The van der Waals surface area contributed by atoms with Crippen LogP contribution in [0.3, 0.4) is 0 Å². The van der Waals surface area contributed by atoms with Crippen molar-refractivity contribution in [2.24, 2.45) is 0 Å². The molecular formula is C13H12F4N2O2. The van der Waals surface area contributed by atoms with Crippen LogP contribution in [0.5, 0.6) is 0 Å². The van der Waals surface area contributed by atoms with Gasteiger partial charge in [0.1, 0.15) is 12.7 Å². The van der Waals surface area contributed by atoms with Gasteiger partial charge in [-0.15, -0.1) is 0 Å². The molecule has 1 amide bonds. The molecular weight excluding hydrogens is 292 g/mol. The van der Waals surface area contributed by atoms with E-state index in [-0.39, 0.29) is 5.69 Å². The molecule has 114 valence electrons. The molecule has 1 unspecified atom stereocenters. The third kappa shape index (κ3) is 5.04. The lowest BCUT2D eigenvalue weighted by molar-refractivity contribution is -0.176. The van der Waals surface area contributed by atoms with Gasteiger partial charge < -0.3 is 10.1 Å². The van der Waals surface area contributed by atoms with E-state index in [0.29, 0.717) is 5.56 Å². The van der Waals surface area contributed by atoms with Crippen LogP contribution in [0.2, 0.25) is 0 Å². The summed E-state index contributed by atoms with van der Waals surface area (Å²) in [7, 11) is 0. The maximum absolute atomic E-state index is 12.7. The zero-order valence-corrected chi connectivity index (χ0v) is 10.9. The first-order valence-corrected chi connectivity index (χ1v) is 5.85. The Bertz CT molecular complexity index is 543. The van der Waals surface area contributed by atoms with Crippen LogP contribution in [0.25, 0.3) is 0 Å². The molecule has 0 aromatic heterocycles. The number of anilines is 1. The predicted molar refractivity (Wildman–Crippen MR) is 66.2 cm³/mol. The Morgan fingerprint density at radius 1 is 1.48 bits per heavy atom. The first kappa shape index (κ1) is 16.9. The molecule has 1 rings (SSSR count). The first-order chi connectivity index (χ1) is 9.76. The minimum absolute atomic E-state index is 0.273. The average molecular weight is 304 g/mol. The zero-order chi connectivity index (χ0) is 16.0. The molecule has 0 heterocycles. The molecule has 8 heteroatoms. The highest BCUT2D eigenvalue weighted by molar-refractivity contribution is 5.94. The van der Waals surface area contributed by atoms with Gasteiger partial charge in [0.2, 0.25) is 0 Å². The van der Waals surface area contributed by atoms with Crippen molar-refractivity contribution in [2.75, 3.05) is 11.9 Å². The summed E-state index contributed by atoms with van der Waals surface area (Å²) < 4.78 is 53.6. The standard InChI is InChI=1S/C13H12F4N2O2/c1-8(21-7-13(16,17)12(14)15)11(20)19-10-4-2-3-9(5-10)6-18/h2-5,8,12H,7H2,1H3,(H,19,20). The molecule has 21 heavy (non-hydrogen) atoms. The van der Waals surface area contributed by atoms with E-state index in [1.807, 2.05) is 6.07 Å². The van der Waals surface area contributed by atoms with Gasteiger partial charge in [-0.2, -0.15) is 14.0 Å². The van der Waals surface area contributed by atoms with Crippen molar-refractivity contribution in [1.29, 1.82) is 5.26 Å². The van der Waals surface area contributed by atoms with E-state index in [1.165, 1.54) is 24.3 Å². The minimum Gasteiger partial charge on any atom is -0.362 e. The van der Waals surface area contributed by atoms with Gasteiger partial charge in [-0.1, -0.05) is 6.07 Å². The molecule has 1 aromatic carbocycles. The monoisotopic (exact) mass is 304 g/mol. The van der Waals surface area contributed by atoms with Crippen LogP contribution >= 0.6 is 0 Å². The molecule has 0 aliphatic heterocycles. The fourth-order valence-corrected chi connectivity index (χ4v) is 1.29. The van der Waals surface area contributed by atoms with Crippen molar-refractivity contribution >= 4 is 11.6 Å². The molecule has 4 nitrogen and oxygen atoms in total. The van der Waals surface area contributed by atoms with E-state index in [4.69, 9.17) is 5.26 Å². The summed E-state index contributed by atoms with van der Waals surface area (Å²) >= 11 is 0. The summed E-state index contributed by atoms with van der Waals surface area (Å²) in [5.41, 5.74) is 0.570. The van der Waals surface area contributed by atoms with Gasteiger partial charge in [0, 0.05) is 5.69 Å². The number of alkyl halides is 4. The number of benzene rings is 1. The van der Waals surface area contributed by atoms with Crippen molar-refractivity contribution in [1.82, 2.24) is 0 Å². The van der Waals surface area contributed by atoms with E-state index in [2.05, 4.69) is 10.1 Å². The van der Waals surface area contributed by atoms with Crippen LogP contribution in [0.1, 0.15) is 12.5 Å². The Labute approximate surface area is 118 Å². The summed E-state index contributed by atoms with van der Waals surface area (Å²) in [6.45, 7) is -0.400. The highest BCUT2D eigenvalue weighted by atomic mass is 19.3. The van der Waals surface area contributed by atoms with E-state index in [0.717, 1.165) is 6.92 Å². The lowest BCUT2D eigenvalue weighted by Crippen LogP contribution is -2.37. The summed E-state index contributed by atoms with van der Waals surface area (Å²) in [4.78, 5) is 11.6. The normalized spacial score (nSPS) is 12.8. The molecule has 0 fully saturated rings. The largest absolute Gasteiger partial charge is 0.362 e. The second-order valence-electron chi connectivity index (χ2n) is 4.20. The maximum Gasteiger partial charge on any atom is 0.330 e. The van der Waals surface area contributed by atoms with E-state index < -0.39 is 31.0 Å². The van der Waals surface area contributed by atoms with Gasteiger partial charge in [0.15, 0.2) is 0 Å². The molecule has 0 aliphatic rings. The summed E-state index contributed by atoms with van der Waals surface area (Å²) in [5, 5.41) is 11.0. The van der Waals surface area contributed by atoms with E-state index in [9.17, 15) is 22.4 Å². The lowest BCUT2D eigenvalue weighted by Gasteiger charge is -2.18. The minimum atomic E-state index is -4.31. The van der Waals surface area contributed by atoms with Crippen LogP contribution in [-0.2, 0) is 9.53 Å². The fraction of sp³-hybridized carbons (Fsp3) is 0.385. The van der Waals surface area contributed by atoms with Crippen molar-refractivity contribution in [3.8, 4) is 6.07 Å². The van der Waals surface area contributed by atoms with Gasteiger partial charge >= 0.3 is 12.3 Å². The number of rotatable bonds is 6. The second-order valence-corrected chi connectivity index (χ2v) is 4.20. The number of nitrogens with zero attached hydrogens (tertiary/aromatic N) is 1. The molecule has 0 spiro atoms. The van der Waals surface area contributed by atoms with Crippen LogP contribution < -0.4 is 5.32 Å². The number of halogens is 4. The Balaban J connectivity index is 2.57. The Hall–Kier alpha value is -2.14. The van der Waals surface area contributed by atoms with Crippen molar-refractivity contribution < 1.29 is 27.1 Å². The summed E-state index contributed by atoms with van der Waals surface area (Å²) in [6.07, 6.45) is -5.21. The van der Waals surface area contributed by atoms with Crippen molar-refractivity contribution in [2.45, 2.75) is 25.4 Å². The number of nitrogens with one attached hydrogen (secondary N) is 1. The van der Waals surface area contributed by atoms with Crippen LogP contribution in [-0.4, -0.2) is 31.0 Å². The van der Waals surface area contributed by atoms with Gasteiger partial charge in [0.25, 0.3) is 5.91 Å². The van der Waals surface area contributed by atoms with Gasteiger partial charge in [-0.3, -0.25) is 4.79 Å². The number of carbonyl (C=O) groups is 1. The van der Waals surface area contributed by atoms with Gasteiger partial charge in [-0.25, -0.2) is 8.78 Å². The molecule has 0 bridgehead atoms. The molecule has 1 N–H and O–H groups in total. The molecule has 1 atom stereocenters.